The Labute approximate surface area is 121 Å². The Morgan fingerprint density at radius 1 is 1.00 bits per heavy atom. The molecule has 3 nitrogen and oxygen atoms in total. The summed E-state index contributed by atoms with van der Waals surface area (Å²) >= 11 is 0. The molecule has 0 saturated carbocycles. The van der Waals surface area contributed by atoms with Gasteiger partial charge in [-0.25, -0.2) is 4.68 Å². The van der Waals surface area contributed by atoms with Gasteiger partial charge in [0.15, 0.2) is 0 Å². The standard InChI is InChI=1S/C17H24N2O/c1-12(2)10-15-16(11-13(3)4)19(18-17(15)20)14-8-6-5-7-9-14/h5-9,12-13H,10-11H2,1-4H3,(H,18,20). The van der Waals surface area contributed by atoms with Crippen molar-refractivity contribution >= 4 is 0 Å². The molecule has 0 saturated heterocycles. The molecular formula is C17H24N2O. The van der Waals surface area contributed by atoms with Gasteiger partial charge in [-0.1, -0.05) is 45.9 Å². The first kappa shape index (κ1) is 14.6. The van der Waals surface area contributed by atoms with E-state index >= 15 is 0 Å². The molecule has 20 heavy (non-hydrogen) atoms. The van der Waals surface area contributed by atoms with Crippen LogP contribution >= 0.6 is 0 Å². The lowest BCUT2D eigenvalue weighted by molar-refractivity contribution is 0.438. The third-order valence-corrected chi connectivity index (χ3v) is 3.28. The number of para-hydroxylation sites is 1. The molecule has 1 heterocycles. The van der Waals surface area contributed by atoms with Gasteiger partial charge >= 0.3 is 0 Å². The molecule has 0 aliphatic rings. The number of hydrogen-bond acceptors (Lipinski definition) is 2. The lowest BCUT2D eigenvalue weighted by atomic mass is 9.98. The van der Waals surface area contributed by atoms with Gasteiger partial charge in [-0.15, -0.1) is 5.10 Å². The molecule has 0 atom stereocenters. The summed E-state index contributed by atoms with van der Waals surface area (Å²) < 4.78 is 1.90. The van der Waals surface area contributed by atoms with Crippen LogP contribution in [0.5, 0.6) is 5.88 Å². The van der Waals surface area contributed by atoms with Gasteiger partial charge < -0.3 is 5.11 Å². The molecule has 0 aliphatic heterocycles. The van der Waals surface area contributed by atoms with E-state index in [9.17, 15) is 5.11 Å². The van der Waals surface area contributed by atoms with Crippen molar-refractivity contribution in [2.45, 2.75) is 40.5 Å². The average molecular weight is 272 g/mol. The molecule has 0 unspecified atom stereocenters. The van der Waals surface area contributed by atoms with E-state index in [1.54, 1.807) is 0 Å². The van der Waals surface area contributed by atoms with Crippen molar-refractivity contribution in [3.05, 3.63) is 41.6 Å². The van der Waals surface area contributed by atoms with Crippen molar-refractivity contribution in [2.24, 2.45) is 11.8 Å². The van der Waals surface area contributed by atoms with Crippen LogP contribution in [0.2, 0.25) is 0 Å². The molecule has 3 heteroatoms. The maximum atomic E-state index is 10.2. The predicted octanol–water partition coefficient (Wildman–Crippen LogP) is 3.97. The third kappa shape index (κ3) is 3.21. The second kappa shape index (κ2) is 6.12. The van der Waals surface area contributed by atoms with E-state index in [0.717, 1.165) is 29.8 Å². The quantitative estimate of drug-likeness (QED) is 0.894. The van der Waals surface area contributed by atoms with Gasteiger partial charge in [-0.05, 0) is 36.8 Å². The zero-order chi connectivity index (χ0) is 14.7. The Hall–Kier alpha value is -1.77. The Bertz CT molecular complexity index is 556. The van der Waals surface area contributed by atoms with Gasteiger partial charge in [0.2, 0.25) is 5.88 Å². The average Bonchev–Trinajstić information content (AvgIpc) is 2.67. The van der Waals surface area contributed by atoms with Crippen LogP contribution in [-0.2, 0) is 12.8 Å². The van der Waals surface area contributed by atoms with Crippen LogP contribution in [0.3, 0.4) is 0 Å². The Balaban J connectivity index is 2.51. The van der Waals surface area contributed by atoms with E-state index in [1.807, 2.05) is 35.0 Å². The highest BCUT2D eigenvalue weighted by atomic mass is 16.3. The van der Waals surface area contributed by atoms with Gasteiger partial charge in [0.25, 0.3) is 0 Å². The minimum atomic E-state index is 0.179. The minimum absolute atomic E-state index is 0.179. The fraction of sp³-hybridized carbons (Fsp3) is 0.471. The normalized spacial score (nSPS) is 11.5. The number of rotatable bonds is 5. The zero-order valence-corrected chi connectivity index (χ0v) is 12.8. The number of nitrogens with zero attached hydrogens (tertiary/aromatic N) is 2. The van der Waals surface area contributed by atoms with Crippen molar-refractivity contribution < 1.29 is 5.11 Å². The molecule has 0 radical (unpaired) electrons. The van der Waals surface area contributed by atoms with Gasteiger partial charge in [0.05, 0.1) is 11.4 Å². The Morgan fingerprint density at radius 2 is 1.60 bits per heavy atom. The second-order valence-corrected chi connectivity index (χ2v) is 6.19. The largest absolute Gasteiger partial charge is 0.492 e. The summed E-state index contributed by atoms with van der Waals surface area (Å²) in [7, 11) is 0. The molecule has 0 amide bonds. The molecular weight excluding hydrogens is 248 g/mol. The van der Waals surface area contributed by atoms with Crippen molar-refractivity contribution in [1.82, 2.24) is 9.78 Å². The number of benzene rings is 1. The van der Waals surface area contributed by atoms with E-state index in [2.05, 4.69) is 32.8 Å². The fourth-order valence-corrected chi connectivity index (χ4v) is 2.47. The molecule has 1 N–H and O–H groups in total. The van der Waals surface area contributed by atoms with E-state index in [4.69, 9.17) is 0 Å². The van der Waals surface area contributed by atoms with Gasteiger partial charge in [0.1, 0.15) is 0 Å². The van der Waals surface area contributed by atoms with Crippen LogP contribution in [0, 0.1) is 11.8 Å². The van der Waals surface area contributed by atoms with Crippen LogP contribution in [0.25, 0.3) is 5.69 Å². The smallest absolute Gasteiger partial charge is 0.234 e. The third-order valence-electron chi connectivity index (χ3n) is 3.28. The molecule has 0 spiro atoms. The first-order chi connectivity index (χ1) is 9.49. The second-order valence-electron chi connectivity index (χ2n) is 6.19. The summed E-state index contributed by atoms with van der Waals surface area (Å²) in [6.07, 6.45) is 1.78. The van der Waals surface area contributed by atoms with Gasteiger partial charge in [-0.2, -0.15) is 0 Å². The fourth-order valence-electron chi connectivity index (χ4n) is 2.47. The maximum absolute atomic E-state index is 10.2. The maximum Gasteiger partial charge on any atom is 0.234 e. The highest BCUT2D eigenvalue weighted by molar-refractivity contribution is 5.40. The molecule has 0 bridgehead atoms. The molecule has 0 fully saturated rings. The Morgan fingerprint density at radius 3 is 2.15 bits per heavy atom. The molecule has 1 aromatic carbocycles. The lowest BCUT2D eigenvalue weighted by Gasteiger charge is -2.12. The van der Waals surface area contributed by atoms with Gasteiger partial charge in [-0.3, -0.25) is 0 Å². The SMILES string of the molecule is CC(C)Cc1c(O)nn(-c2ccccc2)c1CC(C)C. The van der Waals surface area contributed by atoms with Crippen molar-refractivity contribution in [3.63, 3.8) is 0 Å². The van der Waals surface area contributed by atoms with E-state index in [0.29, 0.717) is 11.8 Å². The lowest BCUT2D eigenvalue weighted by Crippen LogP contribution is -2.08. The van der Waals surface area contributed by atoms with Crippen LogP contribution < -0.4 is 0 Å². The highest BCUT2D eigenvalue weighted by Gasteiger charge is 2.19. The number of aromatic hydroxyl groups is 1. The van der Waals surface area contributed by atoms with Crippen molar-refractivity contribution in [2.75, 3.05) is 0 Å². The predicted molar refractivity (Wildman–Crippen MR) is 82.3 cm³/mol. The van der Waals surface area contributed by atoms with Crippen LogP contribution in [-0.4, -0.2) is 14.9 Å². The highest BCUT2D eigenvalue weighted by Crippen LogP contribution is 2.28. The monoisotopic (exact) mass is 272 g/mol. The first-order valence-corrected chi connectivity index (χ1v) is 7.34. The van der Waals surface area contributed by atoms with Crippen molar-refractivity contribution in [3.8, 4) is 11.6 Å². The first-order valence-electron chi connectivity index (χ1n) is 7.34. The zero-order valence-electron chi connectivity index (χ0n) is 12.8. The summed E-state index contributed by atoms with van der Waals surface area (Å²) in [6.45, 7) is 8.72. The van der Waals surface area contributed by atoms with E-state index < -0.39 is 0 Å². The molecule has 0 aliphatic carbocycles. The van der Waals surface area contributed by atoms with Gasteiger partial charge in [0, 0.05) is 5.56 Å². The molecule has 1 aromatic heterocycles. The Kier molecular flexibility index (Phi) is 4.48. The summed E-state index contributed by atoms with van der Waals surface area (Å²) in [6, 6.07) is 10.0. The number of hydrogen-bond donors (Lipinski definition) is 1. The summed E-state index contributed by atoms with van der Waals surface area (Å²) in [4.78, 5) is 0. The molecule has 2 aromatic rings. The van der Waals surface area contributed by atoms with Crippen LogP contribution in [0.15, 0.2) is 30.3 Å². The minimum Gasteiger partial charge on any atom is -0.492 e. The topological polar surface area (TPSA) is 38.1 Å². The van der Waals surface area contributed by atoms with E-state index in [1.165, 1.54) is 0 Å². The molecule has 108 valence electrons. The summed E-state index contributed by atoms with van der Waals surface area (Å²) in [5.74, 6) is 1.21. The summed E-state index contributed by atoms with van der Waals surface area (Å²) in [5.41, 5.74) is 3.14. The number of aromatic nitrogens is 2. The van der Waals surface area contributed by atoms with Crippen LogP contribution in [0.1, 0.15) is 39.0 Å². The molecule has 2 rings (SSSR count). The summed E-state index contributed by atoms with van der Waals surface area (Å²) in [5, 5.41) is 14.6. The van der Waals surface area contributed by atoms with E-state index in [-0.39, 0.29) is 5.88 Å². The van der Waals surface area contributed by atoms with Crippen LogP contribution in [0.4, 0.5) is 0 Å². The van der Waals surface area contributed by atoms with Crippen molar-refractivity contribution in [1.29, 1.82) is 0 Å².